The molecule has 0 saturated carbocycles. The van der Waals surface area contributed by atoms with Crippen LogP contribution < -0.4 is 5.32 Å². The maximum absolute atomic E-state index is 10.8. The van der Waals surface area contributed by atoms with Crippen LogP contribution in [0.5, 0.6) is 0 Å². The van der Waals surface area contributed by atoms with Crippen LogP contribution in [0.15, 0.2) is 0 Å². The normalized spacial score (nSPS) is 13.3. The van der Waals surface area contributed by atoms with Crippen LogP contribution in [0, 0.1) is 0 Å². The highest BCUT2D eigenvalue weighted by Crippen LogP contribution is 2.03. The van der Waals surface area contributed by atoms with Gasteiger partial charge in [0.15, 0.2) is 0 Å². The first-order valence-corrected chi connectivity index (χ1v) is 6.41. The van der Waals surface area contributed by atoms with Crippen LogP contribution in [0.2, 0.25) is 0 Å². The molecule has 0 aromatic rings. The van der Waals surface area contributed by atoms with Crippen molar-refractivity contribution >= 4 is 5.97 Å². The van der Waals surface area contributed by atoms with Gasteiger partial charge in [0.25, 0.3) is 0 Å². The third-order valence-corrected chi connectivity index (χ3v) is 2.72. The predicted molar refractivity (Wildman–Crippen MR) is 69.6 cm³/mol. The van der Waals surface area contributed by atoms with Gasteiger partial charge in [-0.3, -0.25) is 4.79 Å². The molecule has 2 N–H and O–H groups in total. The first-order chi connectivity index (χ1) is 8.02. The van der Waals surface area contributed by atoms with E-state index in [1.807, 2.05) is 24.1 Å². The van der Waals surface area contributed by atoms with Gasteiger partial charge in [0, 0.05) is 14.1 Å². The summed E-state index contributed by atoms with van der Waals surface area (Å²) >= 11 is 0. The Balaban J connectivity index is 4.20. The second kappa shape index (κ2) is 9.39. The van der Waals surface area contributed by atoms with Crippen molar-refractivity contribution in [2.45, 2.75) is 45.7 Å². The summed E-state index contributed by atoms with van der Waals surface area (Å²) in [6, 6.07) is 0. The Bertz CT molecular complexity index is 210. The van der Waals surface area contributed by atoms with Crippen molar-refractivity contribution in [1.29, 1.82) is 0 Å². The van der Waals surface area contributed by atoms with E-state index in [-0.39, 0.29) is 12.7 Å². The SMILES string of the molecule is CCCCCNC(CC)N(CC(=O)O)N(C)C. The summed E-state index contributed by atoms with van der Waals surface area (Å²) in [5.74, 6) is -0.799. The molecule has 0 bridgehead atoms. The monoisotopic (exact) mass is 245 g/mol. The number of rotatable bonds is 10. The number of unbranched alkanes of at least 4 members (excludes halogenated alkanes) is 2. The van der Waals surface area contributed by atoms with Crippen LogP contribution in [-0.4, -0.2) is 54.4 Å². The standard InChI is InChI=1S/C12H27N3O2/c1-5-7-8-9-13-11(6-2)15(14(3)4)10-12(16)17/h11,13H,5-10H2,1-4H3,(H,16,17). The van der Waals surface area contributed by atoms with E-state index in [9.17, 15) is 4.79 Å². The summed E-state index contributed by atoms with van der Waals surface area (Å²) < 4.78 is 0. The number of carboxylic acid groups (broad SMARTS) is 1. The molecule has 0 aromatic heterocycles. The second-order valence-corrected chi connectivity index (χ2v) is 4.42. The van der Waals surface area contributed by atoms with Gasteiger partial charge in [-0.2, -0.15) is 0 Å². The Morgan fingerprint density at radius 1 is 1.29 bits per heavy atom. The summed E-state index contributed by atoms with van der Waals surface area (Å²) in [7, 11) is 3.75. The van der Waals surface area contributed by atoms with Crippen LogP contribution in [0.25, 0.3) is 0 Å². The molecule has 17 heavy (non-hydrogen) atoms. The highest BCUT2D eigenvalue weighted by atomic mass is 16.4. The van der Waals surface area contributed by atoms with E-state index in [2.05, 4.69) is 19.2 Å². The molecule has 0 spiro atoms. The smallest absolute Gasteiger partial charge is 0.319 e. The molecule has 102 valence electrons. The molecule has 0 heterocycles. The molecule has 0 aliphatic rings. The fourth-order valence-corrected chi connectivity index (χ4v) is 1.77. The van der Waals surface area contributed by atoms with E-state index in [0.29, 0.717) is 0 Å². The molecule has 5 nitrogen and oxygen atoms in total. The Hall–Kier alpha value is -0.650. The Kier molecular flexibility index (Phi) is 9.03. The van der Waals surface area contributed by atoms with Crippen molar-refractivity contribution in [2.75, 3.05) is 27.2 Å². The van der Waals surface area contributed by atoms with Gasteiger partial charge < -0.3 is 10.4 Å². The number of carbonyl (C=O) groups is 1. The summed E-state index contributed by atoms with van der Waals surface area (Å²) in [5.41, 5.74) is 0. The quantitative estimate of drug-likeness (QED) is 0.346. The highest BCUT2D eigenvalue weighted by molar-refractivity contribution is 5.69. The molecular weight excluding hydrogens is 218 g/mol. The number of hydrogen-bond donors (Lipinski definition) is 2. The number of aliphatic carboxylic acids is 1. The van der Waals surface area contributed by atoms with Gasteiger partial charge in [-0.15, -0.1) is 0 Å². The summed E-state index contributed by atoms with van der Waals surface area (Å²) in [5, 5.41) is 16.0. The number of nitrogens with zero attached hydrogens (tertiary/aromatic N) is 2. The van der Waals surface area contributed by atoms with Crippen molar-refractivity contribution in [2.24, 2.45) is 0 Å². The van der Waals surface area contributed by atoms with Gasteiger partial charge in [-0.1, -0.05) is 26.7 Å². The van der Waals surface area contributed by atoms with Crippen molar-refractivity contribution in [1.82, 2.24) is 15.3 Å². The molecule has 5 heteroatoms. The number of carboxylic acids is 1. The lowest BCUT2D eigenvalue weighted by Crippen LogP contribution is -2.53. The first-order valence-electron chi connectivity index (χ1n) is 6.41. The molecule has 1 unspecified atom stereocenters. The minimum Gasteiger partial charge on any atom is -0.480 e. The number of nitrogens with one attached hydrogen (secondary N) is 1. The van der Waals surface area contributed by atoms with E-state index in [0.717, 1.165) is 19.4 Å². The number of hydrazine groups is 1. The van der Waals surface area contributed by atoms with E-state index in [1.54, 1.807) is 0 Å². The minimum absolute atomic E-state index is 0.0340. The molecule has 0 rings (SSSR count). The van der Waals surface area contributed by atoms with Gasteiger partial charge in [0.2, 0.25) is 0 Å². The molecule has 0 amide bonds. The zero-order valence-corrected chi connectivity index (χ0v) is 11.6. The maximum atomic E-state index is 10.8. The minimum atomic E-state index is -0.799. The summed E-state index contributed by atoms with van der Waals surface area (Å²) in [6.07, 6.45) is 4.53. The van der Waals surface area contributed by atoms with Crippen molar-refractivity contribution in [3.05, 3.63) is 0 Å². The van der Waals surface area contributed by atoms with Crippen LogP contribution in [0.3, 0.4) is 0 Å². The molecule has 0 aromatic carbocycles. The van der Waals surface area contributed by atoms with Gasteiger partial charge in [-0.05, 0) is 19.4 Å². The van der Waals surface area contributed by atoms with Gasteiger partial charge in [0.05, 0.1) is 6.17 Å². The van der Waals surface area contributed by atoms with Crippen LogP contribution >= 0.6 is 0 Å². The summed E-state index contributed by atoms with van der Waals surface area (Å²) in [4.78, 5) is 10.8. The second-order valence-electron chi connectivity index (χ2n) is 4.42. The topological polar surface area (TPSA) is 55.8 Å². The lowest BCUT2D eigenvalue weighted by atomic mass is 10.2. The molecule has 0 fully saturated rings. The van der Waals surface area contributed by atoms with Crippen LogP contribution in [0.4, 0.5) is 0 Å². The lowest BCUT2D eigenvalue weighted by Gasteiger charge is -2.35. The molecular formula is C12H27N3O2. The predicted octanol–water partition coefficient (Wildman–Crippen LogP) is 1.37. The Labute approximate surface area is 105 Å². The Morgan fingerprint density at radius 2 is 1.94 bits per heavy atom. The van der Waals surface area contributed by atoms with E-state index < -0.39 is 5.97 Å². The fourth-order valence-electron chi connectivity index (χ4n) is 1.77. The lowest BCUT2D eigenvalue weighted by molar-refractivity contribution is -0.145. The zero-order valence-electron chi connectivity index (χ0n) is 11.6. The average molecular weight is 245 g/mol. The van der Waals surface area contributed by atoms with Gasteiger partial charge in [-0.25, -0.2) is 10.0 Å². The molecule has 0 aliphatic heterocycles. The summed E-state index contributed by atoms with van der Waals surface area (Å²) in [6.45, 7) is 5.21. The van der Waals surface area contributed by atoms with Crippen molar-refractivity contribution in [3.63, 3.8) is 0 Å². The van der Waals surface area contributed by atoms with Gasteiger partial charge in [0.1, 0.15) is 6.54 Å². The van der Waals surface area contributed by atoms with Crippen molar-refractivity contribution < 1.29 is 9.90 Å². The highest BCUT2D eigenvalue weighted by Gasteiger charge is 2.20. The third kappa shape index (κ3) is 7.31. The van der Waals surface area contributed by atoms with E-state index >= 15 is 0 Å². The largest absolute Gasteiger partial charge is 0.480 e. The fraction of sp³-hybridized carbons (Fsp3) is 0.917. The Morgan fingerprint density at radius 3 is 2.35 bits per heavy atom. The maximum Gasteiger partial charge on any atom is 0.319 e. The molecule has 0 saturated heterocycles. The van der Waals surface area contributed by atoms with Crippen molar-refractivity contribution in [3.8, 4) is 0 Å². The molecule has 0 aliphatic carbocycles. The molecule has 0 radical (unpaired) electrons. The average Bonchev–Trinajstić information content (AvgIpc) is 2.26. The van der Waals surface area contributed by atoms with Gasteiger partial charge >= 0.3 is 5.97 Å². The molecule has 1 atom stereocenters. The van der Waals surface area contributed by atoms with Crippen LogP contribution in [0.1, 0.15) is 39.5 Å². The zero-order chi connectivity index (χ0) is 13.3. The third-order valence-electron chi connectivity index (χ3n) is 2.72. The van der Waals surface area contributed by atoms with E-state index in [4.69, 9.17) is 5.11 Å². The van der Waals surface area contributed by atoms with E-state index in [1.165, 1.54) is 12.8 Å². The van der Waals surface area contributed by atoms with Crippen LogP contribution in [-0.2, 0) is 4.79 Å². The number of hydrogen-bond acceptors (Lipinski definition) is 4. The first kappa shape index (κ1) is 16.4.